The maximum atomic E-state index is 13.4. The highest BCUT2D eigenvalue weighted by atomic mass is 32.2. The number of rotatable bonds is 5. The molecule has 27 heavy (non-hydrogen) atoms. The van der Waals surface area contributed by atoms with Crippen molar-refractivity contribution in [3.05, 3.63) is 53.6 Å². The van der Waals surface area contributed by atoms with Crippen molar-refractivity contribution >= 4 is 28.5 Å². The molecule has 0 aliphatic carbocycles. The van der Waals surface area contributed by atoms with Gasteiger partial charge in [-0.1, -0.05) is 36.9 Å². The average Bonchev–Trinajstić information content (AvgIpc) is 3.10. The summed E-state index contributed by atoms with van der Waals surface area (Å²) in [5.41, 5.74) is 2.25. The van der Waals surface area contributed by atoms with Crippen molar-refractivity contribution in [1.82, 2.24) is 4.90 Å². The Kier molecular flexibility index (Phi) is 6.06. The van der Waals surface area contributed by atoms with Crippen molar-refractivity contribution < 1.29 is 14.3 Å². The number of amides is 1. The van der Waals surface area contributed by atoms with E-state index in [4.69, 9.17) is 14.5 Å². The van der Waals surface area contributed by atoms with Crippen molar-refractivity contribution in [2.24, 2.45) is 4.99 Å². The van der Waals surface area contributed by atoms with Gasteiger partial charge in [-0.3, -0.25) is 9.69 Å². The SMILES string of the molecule is CCC1CSC(=Nc2ccccc2)N1C(=O)c1cc(OC)c(C)c(OC)c1. The second kappa shape index (κ2) is 8.48. The molecule has 3 rings (SSSR count). The Bertz CT molecular complexity index is 827. The van der Waals surface area contributed by atoms with E-state index in [1.54, 1.807) is 43.0 Å². The minimum absolute atomic E-state index is 0.0851. The quantitative estimate of drug-likeness (QED) is 0.752. The van der Waals surface area contributed by atoms with Gasteiger partial charge in [0, 0.05) is 22.9 Å². The van der Waals surface area contributed by atoms with E-state index in [9.17, 15) is 4.79 Å². The molecule has 0 radical (unpaired) electrons. The Balaban J connectivity index is 2.01. The van der Waals surface area contributed by atoms with E-state index < -0.39 is 0 Å². The Morgan fingerprint density at radius 3 is 2.37 bits per heavy atom. The zero-order valence-corrected chi connectivity index (χ0v) is 16.9. The predicted octanol–water partition coefficient (Wildman–Crippen LogP) is 4.67. The molecule has 0 N–H and O–H groups in total. The number of hydrogen-bond acceptors (Lipinski definition) is 5. The lowest BCUT2D eigenvalue weighted by atomic mass is 10.1. The van der Waals surface area contributed by atoms with Crippen LogP contribution in [0, 0.1) is 6.92 Å². The average molecular weight is 385 g/mol. The molecule has 0 bridgehead atoms. The van der Waals surface area contributed by atoms with Gasteiger partial charge in [0.25, 0.3) is 5.91 Å². The van der Waals surface area contributed by atoms with Gasteiger partial charge in [-0.25, -0.2) is 4.99 Å². The van der Waals surface area contributed by atoms with E-state index in [-0.39, 0.29) is 11.9 Å². The third-order valence-corrected chi connectivity index (χ3v) is 5.74. The molecule has 1 atom stereocenters. The first-order valence-electron chi connectivity index (χ1n) is 8.91. The molecule has 0 spiro atoms. The summed E-state index contributed by atoms with van der Waals surface area (Å²) in [4.78, 5) is 19.9. The molecule has 1 saturated heterocycles. The Morgan fingerprint density at radius 1 is 1.19 bits per heavy atom. The number of carbonyl (C=O) groups excluding carboxylic acids is 1. The van der Waals surface area contributed by atoms with Gasteiger partial charge in [0.2, 0.25) is 0 Å². The predicted molar refractivity (Wildman–Crippen MR) is 111 cm³/mol. The van der Waals surface area contributed by atoms with Crippen LogP contribution in [0.2, 0.25) is 0 Å². The van der Waals surface area contributed by atoms with Gasteiger partial charge in [0.15, 0.2) is 5.17 Å². The molecule has 1 aliphatic heterocycles. The fourth-order valence-corrected chi connectivity index (χ4v) is 4.34. The molecule has 5 nitrogen and oxygen atoms in total. The number of methoxy groups -OCH3 is 2. The van der Waals surface area contributed by atoms with Crippen LogP contribution in [-0.4, -0.2) is 42.0 Å². The van der Waals surface area contributed by atoms with Gasteiger partial charge >= 0.3 is 0 Å². The third-order valence-electron chi connectivity index (χ3n) is 4.65. The smallest absolute Gasteiger partial charge is 0.260 e. The number of nitrogens with zero attached hydrogens (tertiary/aromatic N) is 2. The number of thioether (sulfide) groups is 1. The number of hydrogen-bond donors (Lipinski definition) is 0. The van der Waals surface area contributed by atoms with Crippen LogP contribution in [0.25, 0.3) is 0 Å². The minimum Gasteiger partial charge on any atom is -0.496 e. The van der Waals surface area contributed by atoms with Crippen LogP contribution in [0.15, 0.2) is 47.5 Å². The fraction of sp³-hybridized carbons (Fsp3) is 0.333. The number of ether oxygens (including phenoxy) is 2. The van der Waals surface area contributed by atoms with Crippen molar-refractivity contribution in [2.75, 3.05) is 20.0 Å². The van der Waals surface area contributed by atoms with Gasteiger partial charge in [-0.15, -0.1) is 0 Å². The van der Waals surface area contributed by atoms with Gasteiger partial charge in [0.05, 0.1) is 19.9 Å². The first kappa shape index (κ1) is 19.3. The van der Waals surface area contributed by atoms with Crippen molar-refractivity contribution in [2.45, 2.75) is 26.3 Å². The van der Waals surface area contributed by atoms with Crippen LogP contribution in [-0.2, 0) is 0 Å². The molecule has 1 aliphatic rings. The summed E-state index contributed by atoms with van der Waals surface area (Å²) < 4.78 is 10.9. The summed E-state index contributed by atoms with van der Waals surface area (Å²) in [6.45, 7) is 4.00. The highest BCUT2D eigenvalue weighted by Crippen LogP contribution is 2.34. The molecule has 0 saturated carbocycles. The molecule has 1 unspecified atom stereocenters. The topological polar surface area (TPSA) is 51.1 Å². The van der Waals surface area contributed by atoms with Crippen LogP contribution in [0.3, 0.4) is 0 Å². The number of aliphatic imine (C=N–C) groups is 1. The molecule has 142 valence electrons. The lowest BCUT2D eigenvalue weighted by Gasteiger charge is -2.24. The third kappa shape index (κ3) is 3.95. The molecule has 1 heterocycles. The first-order valence-corrected chi connectivity index (χ1v) is 9.90. The number of carbonyl (C=O) groups is 1. The van der Waals surface area contributed by atoms with Crippen LogP contribution >= 0.6 is 11.8 Å². The molecule has 1 fully saturated rings. The molecule has 2 aromatic rings. The standard InChI is InChI=1S/C21H24N2O3S/c1-5-17-13-27-21(22-16-9-7-6-8-10-16)23(17)20(24)15-11-18(25-3)14(2)19(12-15)26-4/h6-12,17H,5,13H2,1-4H3. The van der Waals surface area contributed by atoms with Crippen LogP contribution < -0.4 is 9.47 Å². The normalized spacial score (nSPS) is 18.0. The summed E-state index contributed by atoms with van der Waals surface area (Å²) >= 11 is 1.62. The lowest BCUT2D eigenvalue weighted by Crippen LogP contribution is -2.39. The molecule has 2 aromatic carbocycles. The van der Waals surface area contributed by atoms with E-state index in [2.05, 4.69) is 6.92 Å². The van der Waals surface area contributed by atoms with Crippen LogP contribution in [0.1, 0.15) is 29.3 Å². The second-order valence-corrected chi connectivity index (χ2v) is 7.27. The Morgan fingerprint density at radius 2 is 1.81 bits per heavy atom. The molecule has 0 aromatic heterocycles. The van der Waals surface area contributed by atoms with Gasteiger partial charge in [-0.2, -0.15) is 0 Å². The number of benzene rings is 2. The molecule has 6 heteroatoms. The van der Waals surface area contributed by atoms with Gasteiger partial charge in [-0.05, 0) is 37.6 Å². The van der Waals surface area contributed by atoms with E-state index >= 15 is 0 Å². The van der Waals surface area contributed by atoms with E-state index in [0.29, 0.717) is 17.1 Å². The highest BCUT2D eigenvalue weighted by molar-refractivity contribution is 8.14. The number of amidine groups is 1. The van der Waals surface area contributed by atoms with Crippen molar-refractivity contribution in [1.29, 1.82) is 0 Å². The summed E-state index contributed by atoms with van der Waals surface area (Å²) in [5, 5.41) is 0.733. The maximum absolute atomic E-state index is 13.4. The summed E-state index contributed by atoms with van der Waals surface area (Å²) in [5.74, 6) is 2.03. The highest BCUT2D eigenvalue weighted by Gasteiger charge is 2.35. The lowest BCUT2D eigenvalue weighted by molar-refractivity contribution is 0.0818. The molecular weight excluding hydrogens is 360 g/mol. The Hall–Kier alpha value is -2.47. The van der Waals surface area contributed by atoms with Crippen molar-refractivity contribution in [3.63, 3.8) is 0 Å². The monoisotopic (exact) mass is 384 g/mol. The van der Waals surface area contributed by atoms with Gasteiger partial charge in [0.1, 0.15) is 11.5 Å². The summed E-state index contributed by atoms with van der Waals surface area (Å²) in [6, 6.07) is 13.4. The number of para-hydroxylation sites is 1. The van der Waals surface area contributed by atoms with E-state index in [1.165, 1.54) is 0 Å². The Labute approximate surface area is 164 Å². The largest absolute Gasteiger partial charge is 0.496 e. The van der Waals surface area contributed by atoms with E-state index in [1.807, 2.05) is 37.3 Å². The van der Waals surface area contributed by atoms with Gasteiger partial charge < -0.3 is 9.47 Å². The summed E-state index contributed by atoms with van der Waals surface area (Å²) in [7, 11) is 3.19. The fourth-order valence-electron chi connectivity index (χ4n) is 3.07. The second-order valence-electron chi connectivity index (χ2n) is 6.28. The van der Waals surface area contributed by atoms with Crippen LogP contribution in [0.5, 0.6) is 11.5 Å². The van der Waals surface area contributed by atoms with Crippen LogP contribution in [0.4, 0.5) is 5.69 Å². The first-order chi connectivity index (χ1) is 13.1. The summed E-state index contributed by atoms with van der Waals surface area (Å²) in [6.07, 6.45) is 0.868. The van der Waals surface area contributed by atoms with E-state index in [0.717, 1.165) is 28.6 Å². The molecule has 1 amide bonds. The zero-order valence-electron chi connectivity index (χ0n) is 16.1. The molecular formula is C21H24N2O3S. The minimum atomic E-state index is -0.0851. The maximum Gasteiger partial charge on any atom is 0.260 e. The zero-order chi connectivity index (χ0) is 19.4. The van der Waals surface area contributed by atoms with Crippen molar-refractivity contribution in [3.8, 4) is 11.5 Å².